The monoisotopic (exact) mass is 178 g/mol. The molecule has 0 spiro atoms. The van der Waals surface area contributed by atoms with Gasteiger partial charge in [-0.15, -0.1) is 0 Å². The third-order valence-corrected chi connectivity index (χ3v) is 1.71. The fourth-order valence-corrected chi connectivity index (χ4v) is 1.10. The van der Waals surface area contributed by atoms with Crippen molar-refractivity contribution in [1.82, 2.24) is 19.6 Å². The Morgan fingerprint density at radius 3 is 2.85 bits per heavy atom. The number of hydrogen-bond acceptors (Lipinski definition) is 3. The summed E-state index contributed by atoms with van der Waals surface area (Å²) in [7, 11) is 0. The molecule has 0 unspecified atom stereocenters. The van der Waals surface area contributed by atoms with E-state index in [1.54, 1.807) is 21.6 Å². The molecule has 2 rings (SSSR count). The average molecular weight is 178 g/mol. The van der Waals surface area contributed by atoms with Crippen LogP contribution in [-0.2, 0) is 13.3 Å². The Hall–Kier alpha value is -1.62. The van der Waals surface area contributed by atoms with Gasteiger partial charge in [-0.3, -0.25) is 9.36 Å². The van der Waals surface area contributed by atoms with Crippen molar-refractivity contribution in [2.45, 2.75) is 13.3 Å². The van der Waals surface area contributed by atoms with E-state index in [1.807, 2.05) is 18.5 Å². The van der Waals surface area contributed by atoms with Gasteiger partial charge >= 0.3 is 0 Å². The van der Waals surface area contributed by atoms with Crippen LogP contribution in [0.5, 0.6) is 0 Å². The number of rotatable bonds is 3. The highest BCUT2D eigenvalue weighted by Crippen LogP contribution is 1.95. The van der Waals surface area contributed by atoms with Crippen LogP contribution in [0, 0.1) is 0 Å². The van der Waals surface area contributed by atoms with E-state index < -0.39 is 0 Å². The Morgan fingerprint density at radius 1 is 1.31 bits per heavy atom. The molecule has 0 amide bonds. The summed E-state index contributed by atoms with van der Waals surface area (Å²) in [5.74, 6) is 0. The molecule has 2 heterocycles. The van der Waals surface area contributed by atoms with Crippen molar-refractivity contribution < 1.29 is 5.11 Å². The Labute approximate surface area is 75.2 Å². The van der Waals surface area contributed by atoms with Gasteiger partial charge < -0.3 is 5.11 Å². The van der Waals surface area contributed by atoms with Crippen LogP contribution in [-0.4, -0.2) is 24.7 Å². The van der Waals surface area contributed by atoms with Crippen LogP contribution in [0.4, 0.5) is 0 Å². The molecular formula is C8H10N4O. The first kappa shape index (κ1) is 8.00. The van der Waals surface area contributed by atoms with Gasteiger partial charge in [0.1, 0.15) is 6.67 Å². The van der Waals surface area contributed by atoms with Gasteiger partial charge in [-0.25, -0.2) is 0 Å². The van der Waals surface area contributed by atoms with Crippen molar-refractivity contribution in [3.63, 3.8) is 0 Å². The molecule has 1 N–H and O–H groups in total. The maximum Gasteiger partial charge on any atom is 0.133 e. The lowest BCUT2D eigenvalue weighted by molar-refractivity contribution is 0.274. The number of aromatic nitrogens is 4. The molecular weight excluding hydrogens is 168 g/mol. The van der Waals surface area contributed by atoms with Gasteiger partial charge in [-0.05, 0) is 12.1 Å². The van der Waals surface area contributed by atoms with E-state index in [0.717, 1.165) is 0 Å². The minimum Gasteiger partial charge on any atom is -0.390 e. The minimum absolute atomic E-state index is 0.0217. The summed E-state index contributed by atoms with van der Waals surface area (Å²) in [6, 6.07) is 3.64. The number of aliphatic hydroxyl groups is 1. The number of hydrogen-bond donors (Lipinski definition) is 1. The first-order chi connectivity index (χ1) is 6.38. The summed E-state index contributed by atoms with van der Waals surface area (Å²) in [6.45, 7) is 0.555. The largest absolute Gasteiger partial charge is 0.390 e. The predicted octanol–water partition coefficient (Wildman–Crippen LogP) is 0.0777. The first-order valence-corrected chi connectivity index (χ1v) is 3.99. The zero-order valence-electron chi connectivity index (χ0n) is 7.04. The second-order valence-electron chi connectivity index (χ2n) is 2.69. The Kier molecular flexibility index (Phi) is 2.09. The van der Waals surface area contributed by atoms with Crippen molar-refractivity contribution in [3.8, 4) is 0 Å². The molecule has 0 aromatic carbocycles. The molecule has 0 atom stereocenters. The van der Waals surface area contributed by atoms with Crippen LogP contribution in [0.25, 0.3) is 0 Å². The number of nitrogens with zero attached hydrogens (tertiary/aromatic N) is 4. The SMILES string of the molecule is OCc1ccn(Cn2cccn2)n1. The van der Waals surface area contributed by atoms with Gasteiger partial charge in [-0.1, -0.05) is 0 Å². The summed E-state index contributed by atoms with van der Waals surface area (Å²) in [4.78, 5) is 0. The predicted molar refractivity (Wildman–Crippen MR) is 45.8 cm³/mol. The Morgan fingerprint density at radius 2 is 2.23 bits per heavy atom. The van der Waals surface area contributed by atoms with E-state index in [1.165, 1.54) is 0 Å². The average Bonchev–Trinajstić information content (AvgIpc) is 2.76. The summed E-state index contributed by atoms with van der Waals surface area (Å²) in [5.41, 5.74) is 0.673. The quantitative estimate of drug-likeness (QED) is 0.724. The molecule has 0 radical (unpaired) electrons. The molecule has 13 heavy (non-hydrogen) atoms. The molecule has 0 aliphatic heterocycles. The van der Waals surface area contributed by atoms with Gasteiger partial charge in [0.05, 0.1) is 12.3 Å². The van der Waals surface area contributed by atoms with E-state index in [2.05, 4.69) is 10.2 Å². The molecule has 0 aliphatic carbocycles. The van der Waals surface area contributed by atoms with Gasteiger partial charge in [0.2, 0.25) is 0 Å². The molecule has 2 aromatic rings. The van der Waals surface area contributed by atoms with Crippen LogP contribution >= 0.6 is 0 Å². The third kappa shape index (κ3) is 1.75. The molecule has 0 fully saturated rings. The fourth-order valence-electron chi connectivity index (χ4n) is 1.10. The van der Waals surface area contributed by atoms with Gasteiger partial charge in [0, 0.05) is 18.6 Å². The first-order valence-electron chi connectivity index (χ1n) is 3.99. The van der Waals surface area contributed by atoms with Crippen LogP contribution in [0.3, 0.4) is 0 Å². The maximum absolute atomic E-state index is 8.78. The molecule has 0 bridgehead atoms. The summed E-state index contributed by atoms with van der Waals surface area (Å²) in [5, 5.41) is 16.9. The Balaban J connectivity index is 2.10. The molecule has 5 heteroatoms. The van der Waals surface area contributed by atoms with Crippen LogP contribution in [0.15, 0.2) is 30.7 Å². The lowest BCUT2D eigenvalue weighted by atomic mass is 10.5. The molecule has 0 saturated carbocycles. The van der Waals surface area contributed by atoms with E-state index in [0.29, 0.717) is 12.4 Å². The molecule has 68 valence electrons. The van der Waals surface area contributed by atoms with Crippen LogP contribution in [0.1, 0.15) is 5.69 Å². The molecule has 5 nitrogen and oxygen atoms in total. The van der Waals surface area contributed by atoms with Gasteiger partial charge in [-0.2, -0.15) is 10.2 Å². The molecule has 2 aromatic heterocycles. The second-order valence-corrected chi connectivity index (χ2v) is 2.69. The molecule has 0 aliphatic rings. The van der Waals surface area contributed by atoms with Gasteiger partial charge in [0.25, 0.3) is 0 Å². The third-order valence-electron chi connectivity index (χ3n) is 1.71. The van der Waals surface area contributed by atoms with Crippen molar-refractivity contribution in [2.75, 3.05) is 0 Å². The smallest absolute Gasteiger partial charge is 0.133 e. The zero-order chi connectivity index (χ0) is 9.10. The summed E-state index contributed by atoms with van der Waals surface area (Å²) in [6.07, 6.45) is 5.39. The highest BCUT2D eigenvalue weighted by molar-refractivity contribution is 4.96. The standard InChI is InChI=1S/C8H10N4O/c13-6-8-2-5-12(10-8)7-11-4-1-3-9-11/h1-5,13H,6-7H2. The minimum atomic E-state index is -0.0217. The normalized spacial score (nSPS) is 10.5. The lowest BCUT2D eigenvalue weighted by Gasteiger charge is -2.00. The van der Waals surface area contributed by atoms with Crippen molar-refractivity contribution in [3.05, 3.63) is 36.4 Å². The van der Waals surface area contributed by atoms with Crippen LogP contribution < -0.4 is 0 Å². The summed E-state index contributed by atoms with van der Waals surface area (Å²) < 4.78 is 3.48. The van der Waals surface area contributed by atoms with E-state index in [4.69, 9.17) is 5.11 Å². The molecule has 0 saturated heterocycles. The summed E-state index contributed by atoms with van der Waals surface area (Å²) >= 11 is 0. The van der Waals surface area contributed by atoms with Gasteiger partial charge in [0.15, 0.2) is 0 Å². The topological polar surface area (TPSA) is 55.9 Å². The van der Waals surface area contributed by atoms with Crippen molar-refractivity contribution >= 4 is 0 Å². The maximum atomic E-state index is 8.78. The van der Waals surface area contributed by atoms with Crippen molar-refractivity contribution in [2.24, 2.45) is 0 Å². The lowest BCUT2D eigenvalue weighted by Crippen LogP contribution is -2.09. The second kappa shape index (κ2) is 3.40. The van der Waals surface area contributed by atoms with E-state index in [9.17, 15) is 0 Å². The highest BCUT2D eigenvalue weighted by Gasteiger charge is 1.97. The number of aliphatic hydroxyl groups excluding tert-OH is 1. The van der Waals surface area contributed by atoms with E-state index in [-0.39, 0.29) is 6.61 Å². The highest BCUT2D eigenvalue weighted by atomic mass is 16.3. The fraction of sp³-hybridized carbons (Fsp3) is 0.250. The zero-order valence-corrected chi connectivity index (χ0v) is 7.04. The Bertz CT molecular complexity index is 365. The van der Waals surface area contributed by atoms with Crippen molar-refractivity contribution in [1.29, 1.82) is 0 Å². The van der Waals surface area contributed by atoms with Crippen LogP contribution in [0.2, 0.25) is 0 Å². The van der Waals surface area contributed by atoms with E-state index >= 15 is 0 Å².